The van der Waals surface area contributed by atoms with Crippen LogP contribution >= 0.6 is 11.6 Å². The van der Waals surface area contributed by atoms with Crippen molar-refractivity contribution < 1.29 is 26.8 Å². The topological polar surface area (TPSA) is 87.4 Å². The lowest BCUT2D eigenvalue weighted by Gasteiger charge is -2.37. The molecule has 1 aliphatic rings. The molecule has 6 nitrogen and oxygen atoms in total. The van der Waals surface area contributed by atoms with Crippen molar-refractivity contribution in [2.45, 2.75) is 0 Å². The van der Waals surface area contributed by atoms with Crippen molar-refractivity contribution in [1.29, 1.82) is 0 Å². The number of carbonyl (C=O) groups is 1. The van der Waals surface area contributed by atoms with E-state index < -0.39 is 0 Å². The zero-order valence-corrected chi connectivity index (χ0v) is 13.3. The number of anilines is 2. The van der Waals surface area contributed by atoms with Gasteiger partial charge in [-0.2, -0.15) is 0 Å². The van der Waals surface area contributed by atoms with Crippen molar-refractivity contribution in [1.82, 2.24) is 5.32 Å². The normalized spacial score (nSPS) is 16.9. The number of quaternary nitrogens is 1. The molecule has 1 aliphatic heterocycles. The summed E-state index contributed by atoms with van der Waals surface area (Å²) in [5.74, 6) is -0.228. The molecule has 0 spiro atoms. The monoisotopic (exact) mass is 334 g/mol. The minimum Gasteiger partial charge on any atom is -1.00 e. The summed E-state index contributed by atoms with van der Waals surface area (Å²) in [7, 11) is 2.05. The molecule has 0 atom stereocenters. The van der Waals surface area contributed by atoms with Crippen LogP contribution in [0.4, 0.5) is 11.4 Å². The van der Waals surface area contributed by atoms with Gasteiger partial charge >= 0.3 is 0 Å². The van der Waals surface area contributed by atoms with Gasteiger partial charge < -0.3 is 38.4 Å². The molecule has 118 valence electrons. The van der Waals surface area contributed by atoms with Crippen molar-refractivity contribution in [3.05, 3.63) is 17.2 Å². The molecular weight excluding hydrogens is 315 g/mol. The number of nitrogens with one attached hydrogen (secondary N) is 2. The summed E-state index contributed by atoms with van der Waals surface area (Å²) in [6, 6.07) is 2.79. The average molecular weight is 335 g/mol. The molecule has 0 radical (unpaired) electrons. The molecule has 1 fully saturated rings. The van der Waals surface area contributed by atoms with Crippen LogP contribution in [0.25, 0.3) is 0 Å². The van der Waals surface area contributed by atoms with Gasteiger partial charge in [-0.15, -0.1) is 0 Å². The minimum atomic E-state index is -0.148. The standard InChI is InChI=1S/C13H19ClN4O2.ClH/c1-18(4-2-16-3-5-18)8-13(20)17-11-6-9(14)10(15)7-12(11)19;/h6-7,16H,2-5,8,15H2,1H3,(H-,17,19,20);1H. The number of nitrogens with two attached hydrogens (primary N) is 1. The number of nitrogens with zero attached hydrogens (tertiary/aromatic N) is 1. The number of carbonyl (C=O) groups excluding carboxylic acids is 1. The molecule has 1 aromatic carbocycles. The Hall–Kier alpha value is -1.21. The third kappa shape index (κ3) is 4.64. The van der Waals surface area contributed by atoms with Gasteiger partial charge in [-0.1, -0.05) is 11.6 Å². The van der Waals surface area contributed by atoms with Gasteiger partial charge in [0.2, 0.25) is 0 Å². The van der Waals surface area contributed by atoms with E-state index in [1.54, 1.807) is 0 Å². The Bertz CT molecular complexity index is 519. The van der Waals surface area contributed by atoms with Crippen LogP contribution in [0.5, 0.6) is 5.75 Å². The summed E-state index contributed by atoms with van der Waals surface area (Å²) in [5.41, 5.74) is 6.14. The number of hydrogen-bond acceptors (Lipinski definition) is 4. The van der Waals surface area contributed by atoms with Gasteiger partial charge in [0.1, 0.15) is 5.75 Å². The van der Waals surface area contributed by atoms with Crippen LogP contribution in [0.15, 0.2) is 12.1 Å². The van der Waals surface area contributed by atoms with Crippen molar-refractivity contribution in [3.8, 4) is 5.75 Å². The number of hydrogen-bond donors (Lipinski definition) is 4. The highest BCUT2D eigenvalue weighted by Crippen LogP contribution is 2.31. The third-order valence-electron chi connectivity index (χ3n) is 3.57. The molecular formula is C13H20Cl2N4O2. The number of rotatable bonds is 3. The molecule has 1 amide bonds. The summed E-state index contributed by atoms with van der Waals surface area (Å²) in [6.07, 6.45) is 0. The summed E-state index contributed by atoms with van der Waals surface area (Å²) in [6.45, 7) is 3.98. The molecule has 8 heteroatoms. The molecule has 21 heavy (non-hydrogen) atoms. The zero-order valence-electron chi connectivity index (χ0n) is 11.8. The molecule has 0 saturated carbocycles. The number of phenolic OH excluding ortho intramolecular Hbond substituents is 1. The number of halogens is 2. The van der Waals surface area contributed by atoms with Crippen LogP contribution in [0, 0.1) is 0 Å². The number of nitrogen functional groups attached to an aromatic ring is 1. The van der Waals surface area contributed by atoms with E-state index in [2.05, 4.69) is 17.7 Å². The van der Waals surface area contributed by atoms with Crippen LogP contribution in [-0.2, 0) is 4.79 Å². The number of aromatic hydroxyl groups is 1. The highest BCUT2D eigenvalue weighted by molar-refractivity contribution is 6.33. The van der Waals surface area contributed by atoms with Gasteiger partial charge in [-0.05, 0) is 6.07 Å². The second-order valence-electron chi connectivity index (χ2n) is 5.41. The first-order valence-electron chi connectivity index (χ1n) is 6.52. The number of phenols is 1. The van der Waals surface area contributed by atoms with Crippen LogP contribution < -0.4 is 28.8 Å². The van der Waals surface area contributed by atoms with Crippen molar-refractivity contribution >= 4 is 28.9 Å². The maximum Gasteiger partial charge on any atom is 0.279 e. The quantitative estimate of drug-likeness (QED) is 0.282. The fourth-order valence-corrected chi connectivity index (χ4v) is 2.47. The highest BCUT2D eigenvalue weighted by Gasteiger charge is 2.27. The number of amides is 1. The summed E-state index contributed by atoms with van der Waals surface area (Å²) in [5, 5.41) is 16.0. The number of likely N-dealkylation sites (N-methyl/N-ethyl adjacent to an activating group) is 1. The van der Waals surface area contributed by atoms with Crippen molar-refractivity contribution in [2.24, 2.45) is 0 Å². The lowest BCUT2D eigenvalue weighted by molar-refractivity contribution is -0.903. The van der Waals surface area contributed by atoms with Crippen molar-refractivity contribution in [3.63, 3.8) is 0 Å². The Morgan fingerprint density at radius 3 is 2.71 bits per heavy atom. The van der Waals surface area contributed by atoms with E-state index in [4.69, 9.17) is 17.3 Å². The molecule has 5 N–H and O–H groups in total. The SMILES string of the molecule is C[N+]1(CC(=O)Nc2cc(Cl)c(N)cc2O)CCNCC1.[Cl-]. The maximum absolute atomic E-state index is 12.1. The van der Waals surface area contributed by atoms with E-state index >= 15 is 0 Å². The Balaban J connectivity index is 0.00000220. The van der Waals surface area contributed by atoms with E-state index in [1.165, 1.54) is 12.1 Å². The van der Waals surface area contributed by atoms with E-state index in [-0.39, 0.29) is 35.4 Å². The summed E-state index contributed by atoms with van der Waals surface area (Å²) >= 11 is 5.89. The maximum atomic E-state index is 12.1. The molecule has 1 heterocycles. The first-order valence-corrected chi connectivity index (χ1v) is 6.89. The highest BCUT2D eigenvalue weighted by atomic mass is 35.5. The Labute approximate surface area is 135 Å². The average Bonchev–Trinajstić information content (AvgIpc) is 2.36. The first kappa shape index (κ1) is 17.8. The lowest BCUT2D eigenvalue weighted by atomic mass is 10.2. The molecule has 0 unspecified atom stereocenters. The molecule has 1 aromatic rings. The smallest absolute Gasteiger partial charge is 0.279 e. The number of piperazine rings is 1. The van der Waals surface area contributed by atoms with E-state index in [1.807, 2.05) is 0 Å². The van der Waals surface area contributed by atoms with Crippen LogP contribution in [-0.4, -0.2) is 55.3 Å². The van der Waals surface area contributed by atoms with Gasteiger partial charge in [0.25, 0.3) is 5.91 Å². The summed E-state index contributed by atoms with van der Waals surface area (Å²) < 4.78 is 0.683. The lowest BCUT2D eigenvalue weighted by Crippen LogP contribution is -3.00. The molecule has 0 bridgehead atoms. The molecule has 0 aromatic heterocycles. The first-order chi connectivity index (χ1) is 9.39. The Kier molecular flexibility index (Phi) is 6.10. The van der Waals surface area contributed by atoms with Gasteiger partial charge in [0.15, 0.2) is 6.54 Å². The third-order valence-corrected chi connectivity index (χ3v) is 3.90. The predicted molar refractivity (Wildman–Crippen MR) is 79.8 cm³/mol. The fourth-order valence-electron chi connectivity index (χ4n) is 2.31. The fraction of sp³-hybridized carbons (Fsp3) is 0.462. The second kappa shape index (κ2) is 7.17. The summed E-state index contributed by atoms with van der Waals surface area (Å²) in [4.78, 5) is 12.1. The zero-order chi connectivity index (χ0) is 14.8. The Morgan fingerprint density at radius 1 is 1.48 bits per heavy atom. The van der Waals surface area contributed by atoms with E-state index in [9.17, 15) is 9.90 Å². The molecule has 2 rings (SSSR count). The second-order valence-corrected chi connectivity index (χ2v) is 5.82. The van der Waals surface area contributed by atoms with Gasteiger partial charge in [0.05, 0.1) is 36.5 Å². The predicted octanol–water partition coefficient (Wildman–Crippen LogP) is -2.38. The van der Waals surface area contributed by atoms with E-state index in [0.717, 1.165) is 26.2 Å². The van der Waals surface area contributed by atoms with E-state index in [0.29, 0.717) is 16.1 Å². The molecule has 1 saturated heterocycles. The van der Waals surface area contributed by atoms with Gasteiger partial charge in [-0.3, -0.25) is 4.79 Å². The van der Waals surface area contributed by atoms with Gasteiger partial charge in [-0.25, -0.2) is 0 Å². The van der Waals surface area contributed by atoms with Crippen LogP contribution in [0.3, 0.4) is 0 Å². The van der Waals surface area contributed by atoms with Gasteiger partial charge in [0, 0.05) is 19.2 Å². The van der Waals surface area contributed by atoms with Crippen molar-refractivity contribution in [2.75, 3.05) is 50.8 Å². The van der Waals surface area contributed by atoms with Crippen LogP contribution in [0.1, 0.15) is 0 Å². The van der Waals surface area contributed by atoms with Crippen LogP contribution in [0.2, 0.25) is 5.02 Å². The largest absolute Gasteiger partial charge is 1.00 e. The minimum absolute atomic E-state index is 0. The Morgan fingerprint density at radius 2 is 2.10 bits per heavy atom. The number of benzene rings is 1. The molecule has 0 aliphatic carbocycles.